The van der Waals surface area contributed by atoms with Crippen LogP contribution in [-0.4, -0.2) is 58.8 Å². The van der Waals surface area contributed by atoms with Crippen LogP contribution in [0.25, 0.3) is 28.1 Å². The van der Waals surface area contributed by atoms with Crippen LogP contribution in [0.15, 0.2) is 73.2 Å². The summed E-state index contributed by atoms with van der Waals surface area (Å²) in [7, 11) is 1.49. The SMILES string of the molecule is CO[C@H](C)Cn1c(Cc2cc(F)c(-c3cccc(OCc4ccc(-n5ccnn5)nc4)n3)cc2F)nc2c(F)cc(C(=O)O)cc21. The molecule has 0 aliphatic heterocycles. The first-order valence-corrected chi connectivity index (χ1v) is 14.0. The summed E-state index contributed by atoms with van der Waals surface area (Å²) in [4.78, 5) is 24.6. The van der Waals surface area contributed by atoms with Crippen molar-refractivity contribution >= 4 is 17.0 Å². The van der Waals surface area contributed by atoms with Gasteiger partial charge in [-0.3, -0.25) is 0 Å². The summed E-state index contributed by atoms with van der Waals surface area (Å²) in [6, 6.07) is 12.6. The summed E-state index contributed by atoms with van der Waals surface area (Å²) in [5.41, 5.74) is 0.661. The van der Waals surface area contributed by atoms with Gasteiger partial charge in [0.15, 0.2) is 11.6 Å². The minimum Gasteiger partial charge on any atom is -0.478 e. The third-order valence-electron chi connectivity index (χ3n) is 7.31. The van der Waals surface area contributed by atoms with E-state index in [1.807, 2.05) is 6.07 Å². The van der Waals surface area contributed by atoms with Crippen molar-refractivity contribution in [2.24, 2.45) is 0 Å². The molecule has 4 heterocycles. The molecule has 11 nitrogen and oxygen atoms in total. The Morgan fingerprint density at radius 2 is 1.87 bits per heavy atom. The monoisotopic (exact) mass is 629 g/mol. The van der Waals surface area contributed by atoms with Gasteiger partial charge in [0.2, 0.25) is 5.88 Å². The summed E-state index contributed by atoms with van der Waals surface area (Å²) in [5.74, 6) is -2.61. The first kappa shape index (κ1) is 30.4. The molecule has 0 bridgehead atoms. The van der Waals surface area contributed by atoms with E-state index in [2.05, 4.69) is 25.3 Å². The van der Waals surface area contributed by atoms with Crippen LogP contribution in [-0.2, 0) is 24.3 Å². The number of aromatic nitrogens is 7. The first-order chi connectivity index (χ1) is 22.2. The molecule has 14 heteroatoms. The van der Waals surface area contributed by atoms with Crippen LogP contribution in [0.2, 0.25) is 0 Å². The summed E-state index contributed by atoms with van der Waals surface area (Å²) < 4.78 is 60.1. The number of hydrogen-bond donors (Lipinski definition) is 1. The highest BCUT2D eigenvalue weighted by atomic mass is 19.1. The van der Waals surface area contributed by atoms with Gasteiger partial charge >= 0.3 is 5.97 Å². The number of ether oxygens (including phenoxy) is 2. The highest BCUT2D eigenvalue weighted by Crippen LogP contribution is 2.29. The van der Waals surface area contributed by atoms with E-state index in [0.29, 0.717) is 5.82 Å². The van der Waals surface area contributed by atoms with Crippen molar-refractivity contribution in [2.45, 2.75) is 32.6 Å². The largest absolute Gasteiger partial charge is 0.478 e. The fourth-order valence-electron chi connectivity index (χ4n) is 4.88. The minimum absolute atomic E-state index is 0.0315. The number of benzene rings is 2. The maximum absolute atomic E-state index is 15.5. The number of pyridine rings is 2. The second-order valence-corrected chi connectivity index (χ2v) is 10.4. The Hall–Kier alpha value is -5.63. The Morgan fingerprint density at radius 3 is 2.59 bits per heavy atom. The average Bonchev–Trinajstić information content (AvgIpc) is 3.71. The van der Waals surface area contributed by atoms with Gasteiger partial charge in [-0.2, -0.15) is 0 Å². The number of halogens is 3. The normalized spacial score (nSPS) is 12.0. The van der Waals surface area contributed by atoms with Crippen molar-refractivity contribution in [3.8, 4) is 23.0 Å². The van der Waals surface area contributed by atoms with Gasteiger partial charge in [0.05, 0.1) is 41.8 Å². The molecule has 1 atom stereocenters. The van der Waals surface area contributed by atoms with Gasteiger partial charge in [-0.05, 0) is 48.9 Å². The molecular weight excluding hydrogens is 603 g/mol. The van der Waals surface area contributed by atoms with Crippen LogP contribution in [0.3, 0.4) is 0 Å². The molecule has 0 aliphatic carbocycles. The molecule has 0 unspecified atom stereocenters. The van der Waals surface area contributed by atoms with Crippen LogP contribution < -0.4 is 4.74 Å². The summed E-state index contributed by atoms with van der Waals surface area (Å²) in [5, 5.41) is 17.1. The number of carboxylic acids is 1. The summed E-state index contributed by atoms with van der Waals surface area (Å²) in [6.07, 6.45) is 4.27. The van der Waals surface area contributed by atoms with Crippen molar-refractivity contribution in [1.29, 1.82) is 0 Å². The zero-order valence-electron chi connectivity index (χ0n) is 24.6. The van der Waals surface area contributed by atoms with Gasteiger partial charge in [0, 0.05) is 36.9 Å². The predicted molar refractivity (Wildman–Crippen MR) is 159 cm³/mol. The Bertz CT molecular complexity index is 2030. The number of nitrogens with zero attached hydrogens (tertiary/aromatic N) is 7. The van der Waals surface area contributed by atoms with Crippen molar-refractivity contribution in [3.63, 3.8) is 0 Å². The van der Waals surface area contributed by atoms with Crippen molar-refractivity contribution in [2.75, 3.05) is 7.11 Å². The van der Waals surface area contributed by atoms with Crippen LogP contribution in [0.5, 0.6) is 5.88 Å². The van der Waals surface area contributed by atoms with E-state index in [4.69, 9.17) is 9.47 Å². The standard InChI is InChI=1S/C32H26F3N7O4/c1-18(45-2)16-41-27-12-21(32(43)44)11-25(35)31(27)39-29(41)13-20-10-24(34)22(14-23(20)33)26-4-3-5-30(38-26)46-17-19-6-7-28(36-15-19)42-9-8-37-40-42/h3-12,14-15,18H,13,16-17H2,1-2H3,(H,43,44)/t18-/m1/s1. The number of methoxy groups -OCH3 is 1. The zero-order valence-corrected chi connectivity index (χ0v) is 24.6. The first-order valence-electron chi connectivity index (χ1n) is 14.0. The van der Waals surface area contributed by atoms with E-state index in [1.54, 1.807) is 48.3 Å². The third kappa shape index (κ3) is 6.28. The lowest BCUT2D eigenvalue weighted by Crippen LogP contribution is -2.17. The molecule has 46 heavy (non-hydrogen) atoms. The fraction of sp³-hybridized carbons (Fsp3) is 0.188. The lowest BCUT2D eigenvalue weighted by molar-refractivity contribution is 0.0696. The molecule has 6 rings (SSSR count). The van der Waals surface area contributed by atoms with Gasteiger partial charge in [0.25, 0.3) is 0 Å². The Labute approximate surface area is 259 Å². The topological polar surface area (TPSA) is 130 Å². The maximum Gasteiger partial charge on any atom is 0.335 e. The number of fused-ring (bicyclic) bond motifs is 1. The number of rotatable bonds is 11. The van der Waals surface area contributed by atoms with Crippen molar-refractivity contribution in [1.82, 2.24) is 34.5 Å². The zero-order chi connectivity index (χ0) is 32.4. The molecule has 0 radical (unpaired) electrons. The van der Waals surface area contributed by atoms with Crippen LogP contribution in [0.1, 0.15) is 34.2 Å². The van der Waals surface area contributed by atoms with E-state index in [-0.39, 0.29) is 70.8 Å². The Morgan fingerprint density at radius 1 is 1.02 bits per heavy atom. The van der Waals surface area contributed by atoms with Crippen molar-refractivity contribution < 1.29 is 32.5 Å². The Kier molecular flexibility index (Phi) is 8.44. The van der Waals surface area contributed by atoms with Gasteiger partial charge in [-0.25, -0.2) is 37.6 Å². The molecule has 0 amide bonds. The third-order valence-corrected chi connectivity index (χ3v) is 7.31. The highest BCUT2D eigenvalue weighted by Gasteiger charge is 2.21. The second-order valence-electron chi connectivity index (χ2n) is 10.4. The molecular formula is C32H26F3N7O4. The molecule has 0 spiro atoms. The Balaban J connectivity index is 1.24. The maximum atomic E-state index is 15.5. The van der Waals surface area contributed by atoms with Crippen LogP contribution in [0, 0.1) is 17.5 Å². The molecule has 0 fully saturated rings. The second kappa shape index (κ2) is 12.8. The molecule has 0 aliphatic rings. The van der Waals surface area contributed by atoms with Crippen molar-refractivity contribution in [3.05, 3.63) is 113 Å². The number of carboxylic acid groups (broad SMARTS) is 1. The number of aromatic carboxylic acids is 1. The number of imidazole rings is 1. The molecule has 2 aromatic carbocycles. The smallest absolute Gasteiger partial charge is 0.335 e. The molecule has 4 aromatic heterocycles. The molecule has 0 saturated carbocycles. The predicted octanol–water partition coefficient (Wildman–Crippen LogP) is 5.39. The molecule has 6 aromatic rings. The number of hydrogen-bond acceptors (Lipinski definition) is 8. The molecule has 0 saturated heterocycles. The summed E-state index contributed by atoms with van der Waals surface area (Å²) in [6.45, 7) is 2.07. The van der Waals surface area contributed by atoms with Crippen LogP contribution >= 0.6 is 0 Å². The van der Waals surface area contributed by atoms with E-state index in [0.717, 1.165) is 23.8 Å². The van der Waals surface area contributed by atoms with E-state index in [9.17, 15) is 14.3 Å². The fourth-order valence-corrected chi connectivity index (χ4v) is 4.88. The van der Waals surface area contributed by atoms with Gasteiger partial charge in [-0.1, -0.05) is 17.3 Å². The highest BCUT2D eigenvalue weighted by molar-refractivity contribution is 5.92. The van der Waals surface area contributed by atoms with E-state index >= 15 is 8.78 Å². The summed E-state index contributed by atoms with van der Waals surface area (Å²) >= 11 is 0. The lowest BCUT2D eigenvalue weighted by Gasteiger charge is -2.15. The van der Waals surface area contributed by atoms with Gasteiger partial charge < -0.3 is 19.1 Å². The average molecular weight is 630 g/mol. The van der Waals surface area contributed by atoms with E-state index < -0.39 is 23.4 Å². The van der Waals surface area contributed by atoms with E-state index in [1.165, 1.54) is 23.9 Å². The quantitative estimate of drug-likeness (QED) is 0.200. The minimum atomic E-state index is -1.31. The van der Waals surface area contributed by atoms with Gasteiger partial charge in [-0.15, -0.1) is 5.10 Å². The van der Waals surface area contributed by atoms with Crippen LogP contribution in [0.4, 0.5) is 13.2 Å². The van der Waals surface area contributed by atoms with Gasteiger partial charge in [0.1, 0.15) is 29.6 Å². The molecule has 1 N–H and O–H groups in total. The number of carbonyl (C=O) groups is 1. The lowest BCUT2D eigenvalue weighted by atomic mass is 10.0. The molecule has 234 valence electrons.